The molecule has 1 fully saturated rings. The van der Waals surface area contributed by atoms with Crippen molar-refractivity contribution in [3.05, 3.63) is 75.5 Å². The van der Waals surface area contributed by atoms with Crippen LogP contribution in [0.1, 0.15) is 63.1 Å². The van der Waals surface area contributed by atoms with E-state index in [0.29, 0.717) is 45.1 Å². The average molecular weight is 537 g/mol. The summed E-state index contributed by atoms with van der Waals surface area (Å²) in [5.74, 6) is 1.07. The lowest BCUT2D eigenvalue weighted by Crippen LogP contribution is -2.38. The van der Waals surface area contributed by atoms with Crippen LogP contribution < -0.4 is 20.3 Å². The smallest absolute Gasteiger partial charge is 0.254 e. The molecule has 8 heteroatoms. The molecule has 0 saturated heterocycles. The van der Waals surface area contributed by atoms with Gasteiger partial charge in [0, 0.05) is 43.4 Å². The zero-order valence-electron chi connectivity index (χ0n) is 23.4. The summed E-state index contributed by atoms with van der Waals surface area (Å²) < 4.78 is 28.3. The van der Waals surface area contributed by atoms with E-state index in [1.807, 2.05) is 6.07 Å². The van der Waals surface area contributed by atoms with Crippen LogP contribution in [0.2, 0.25) is 0 Å². The van der Waals surface area contributed by atoms with Crippen LogP contribution in [-0.4, -0.2) is 27.7 Å². The molecule has 2 aromatic carbocycles. The molecule has 0 atom stereocenters. The topological polar surface area (TPSA) is 89.8 Å². The summed E-state index contributed by atoms with van der Waals surface area (Å²) >= 11 is 0. The Bertz CT molecular complexity index is 1410. The number of nitrogens with zero attached hydrogens (tertiary/aromatic N) is 1. The molecule has 4 rings (SSSR count). The maximum Gasteiger partial charge on any atom is 0.254 e. The number of hydrogen-bond donors (Lipinski definition) is 2. The van der Waals surface area contributed by atoms with Crippen molar-refractivity contribution in [2.75, 3.05) is 0 Å². The maximum atomic E-state index is 14.0. The largest absolute Gasteiger partial charge is 0.490 e. The highest BCUT2D eigenvalue weighted by atomic mass is 19.1. The van der Waals surface area contributed by atoms with Gasteiger partial charge in [-0.15, -0.1) is 0 Å². The van der Waals surface area contributed by atoms with E-state index in [9.17, 15) is 19.1 Å². The van der Waals surface area contributed by atoms with Gasteiger partial charge in [-0.2, -0.15) is 0 Å². The van der Waals surface area contributed by atoms with Gasteiger partial charge in [-0.25, -0.2) is 4.39 Å². The van der Waals surface area contributed by atoms with E-state index in [0.717, 1.165) is 25.7 Å². The van der Waals surface area contributed by atoms with Crippen LogP contribution in [0.3, 0.4) is 0 Å². The van der Waals surface area contributed by atoms with Gasteiger partial charge in [0.2, 0.25) is 5.91 Å². The predicted octanol–water partition coefficient (Wildman–Crippen LogP) is 5.65. The van der Waals surface area contributed by atoms with Gasteiger partial charge in [0.1, 0.15) is 23.1 Å². The zero-order chi connectivity index (χ0) is 28.5. The van der Waals surface area contributed by atoms with Crippen molar-refractivity contribution in [1.82, 2.24) is 9.88 Å². The van der Waals surface area contributed by atoms with Gasteiger partial charge in [-0.3, -0.25) is 9.59 Å². The summed E-state index contributed by atoms with van der Waals surface area (Å²) in [6.45, 7) is 8.49. The molecule has 0 unspecified atom stereocenters. The molecule has 0 bridgehead atoms. The fourth-order valence-electron chi connectivity index (χ4n) is 5.08. The number of ether oxygens (including phenoxy) is 2. The summed E-state index contributed by atoms with van der Waals surface area (Å²) in [4.78, 5) is 24.1. The lowest BCUT2D eigenvalue weighted by molar-refractivity contribution is -0.120. The molecule has 2 N–H and O–H groups in total. The van der Waals surface area contributed by atoms with Gasteiger partial charge in [0.25, 0.3) is 5.56 Å². The standard InChI is InChI=1S/C31H37FN2O5/c1-18-13-22(32)14-19(2)30(18)39-27-12-7-21(31(4,5)37)15-25(27)26-17-34(6)29(36)16-28(26)38-24-10-8-23(9-11-24)33-20(3)35/h7,12-17,23-24,37H,8-11H2,1-6H3,(H,33,35). The van der Waals surface area contributed by atoms with E-state index in [1.165, 1.54) is 29.7 Å². The molecule has 208 valence electrons. The highest BCUT2D eigenvalue weighted by Crippen LogP contribution is 2.42. The first-order valence-corrected chi connectivity index (χ1v) is 13.3. The third kappa shape index (κ3) is 6.68. The summed E-state index contributed by atoms with van der Waals surface area (Å²) in [5.41, 5.74) is 1.89. The van der Waals surface area contributed by atoms with Gasteiger partial charge in [0.15, 0.2) is 0 Å². The molecule has 7 nitrogen and oxygen atoms in total. The maximum absolute atomic E-state index is 14.0. The molecule has 1 amide bonds. The molecule has 1 aliphatic carbocycles. The van der Waals surface area contributed by atoms with Crippen LogP contribution >= 0.6 is 0 Å². The van der Waals surface area contributed by atoms with Crippen LogP contribution in [0.25, 0.3) is 11.1 Å². The fraction of sp³-hybridized carbons (Fsp3) is 0.419. The summed E-state index contributed by atoms with van der Waals surface area (Å²) in [5, 5.41) is 13.7. The molecule has 0 aliphatic heterocycles. The van der Waals surface area contributed by atoms with Crippen molar-refractivity contribution in [2.24, 2.45) is 7.05 Å². The molecule has 0 spiro atoms. The van der Waals surface area contributed by atoms with Crippen molar-refractivity contribution in [1.29, 1.82) is 0 Å². The number of aryl methyl sites for hydroxylation is 3. The summed E-state index contributed by atoms with van der Waals surface area (Å²) in [6, 6.07) is 9.85. The van der Waals surface area contributed by atoms with Gasteiger partial charge in [-0.1, -0.05) is 6.07 Å². The van der Waals surface area contributed by atoms with Crippen molar-refractivity contribution < 1.29 is 23.8 Å². The number of halogens is 1. The lowest BCUT2D eigenvalue weighted by Gasteiger charge is -2.30. The number of rotatable bonds is 7. The van der Waals surface area contributed by atoms with E-state index < -0.39 is 5.60 Å². The van der Waals surface area contributed by atoms with E-state index in [1.54, 1.807) is 53.1 Å². The van der Waals surface area contributed by atoms with Crippen molar-refractivity contribution in [2.45, 2.75) is 78.0 Å². The highest BCUT2D eigenvalue weighted by molar-refractivity contribution is 5.76. The van der Waals surface area contributed by atoms with Gasteiger partial charge < -0.3 is 24.5 Å². The Balaban J connectivity index is 1.77. The number of carbonyl (C=O) groups excluding carboxylic acids is 1. The number of aliphatic hydroxyl groups is 1. The van der Waals surface area contributed by atoms with E-state index in [4.69, 9.17) is 9.47 Å². The Morgan fingerprint density at radius 3 is 2.26 bits per heavy atom. The quantitative estimate of drug-likeness (QED) is 0.407. The number of carbonyl (C=O) groups is 1. The van der Waals surface area contributed by atoms with Crippen LogP contribution in [0.5, 0.6) is 17.2 Å². The molecule has 39 heavy (non-hydrogen) atoms. The predicted molar refractivity (Wildman–Crippen MR) is 149 cm³/mol. The number of pyridine rings is 1. The first-order valence-electron chi connectivity index (χ1n) is 13.3. The van der Waals surface area contributed by atoms with Gasteiger partial charge >= 0.3 is 0 Å². The van der Waals surface area contributed by atoms with Crippen molar-refractivity contribution in [3.8, 4) is 28.4 Å². The second-order valence-corrected chi connectivity index (χ2v) is 11.0. The lowest BCUT2D eigenvalue weighted by atomic mass is 9.92. The minimum atomic E-state index is -1.13. The molecule has 1 aliphatic rings. The third-order valence-electron chi connectivity index (χ3n) is 7.18. The number of benzene rings is 2. The fourth-order valence-corrected chi connectivity index (χ4v) is 5.08. The molecule has 0 radical (unpaired) electrons. The Labute approximate surface area is 228 Å². The molecular formula is C31H37FN2O5. The van der Waals surface area contributed by atoms with Gasteiger partial charge in [0.05, 0.1) is 11.7 Å². The normalized spacial score (nSPS) is 17.5. The Morgan fingerprint density at radius 1 is 1.03 bits per heavy atom. The molecule has 1 aromatic heterocycles. The Hall–Kier alpha value is -3.65. The van der Waals surface area contributed by atoms with Crippen LogP contribution in [0.4, 0.5) is 4.39 Å². The minimum absolute atomic E-state index is 0.0425. The van der Waals surface area contributed by atoms with Crippen LogP contribution in [0, 0.1) is 19.7 Å². The van der Waals surface area contributed by atoms with Crippen LogP contribution in [-0.2, 0) is 17.4 Å². The minimum Gasteiger partial charge on any atom is -0.490 e. The van der Waals surface area contributed by atoms with E-state index >= 15 is 0 Å². The first-order chi connectivity index (χ1) is 18.3. The monoisotopic (exact) mass is 536 g/mol. The number of nitrogens with one attached hydrogen (secondary N) is 1. The zero-order valence-corrected chi connectivity index (χ0v) is 23.4. The van der Waals surface area contributed by atoms with Gasteiger partial charge in [-0.05, 0) is 94.3 Å². The third-order valence-corrected chi connectivity index (χ3v) is 7.18. The molecular weight excluding hydrogens is 499 g/mol. The summed E-state index contributed by atoms with van der Waals surface area (Å²) in [6.07, 6.45) is 4.64. The number of hydrogen-bond acceptors (Lipinski definition) is 5. The Morgan fingerprint density at radius 2 is 1.67 bits per heavy atom. The highest BCUT2D eigenvalue weighted by Gasteiger charge is 2.26. The first kappa shape index (κ1) is 28.4. The SMILES string of the molecule is CC(=O)NC1CCC(Oc2cc(=O)n(C)cc2-c2cc(C(C)(C)O)ccc2Oc2c(C)cc(F)cc2C)CC1. The van der Waals surface area contributed by atoms with Crippen molar-refractivity contribution in [3.63, 3.8) is 0 Å². The average Bonchev–Trinajstić information content (AvgIpc) is 2.84. The molecule has 1 saturated carbocycles. The van der Waals surface area contributed by atoms with Crippen LogP contribution in [0.15, 0.2) is 47.4 Å². The van der Waals surface area contributed by atoms with E-state index in [-0.39, 0.29) is 29.4 Å². The van der Waals surface area contributed by atoms with Crippen molar-refractivity contribution >= 4 is 5.91 Å². The second kappa shape index (κ2) is 11.2. The second-order valence-electron chi connectivity index (χ2n) is 11.0. The molecule has 1 heterocycles. The Kier molecular flexibility index (Phi) is 8.16. The van der Waals surface area contributed by atoms with E-state index in [2.05, 4.69) is 5.32 Å². The molecule has 3 aromatic rings. The summed E-state index contributed by atoms with van der Waals surface area (Å²) in [7, 11) is 1.67. The number of aromatic nitrogens is 1. The number of amides is 1.